The van der Waals surface area contributed by atoms with Crippen LogP contribution >= 0.6 is 11.3 Å². The van der Waals surface area contributed by atoms with E-state index in [-0.39, 0.29) is 12.3 Å². The number of nitrogens with one attached hydrogen (secondary N) is 1. The molecule has 1 heterocycles. The fourth-order valence-electron chi connectivity index (χ4n) is 3.74. The number of nitrogens with two attached hydrogens (primary N) is 1. The molecule has 0 spiro atoms. The summed E-state index contributed by atoms with van der Waals surface area (Å²) >= 11 is 1.51. The number of amides is 1. The second kappa shape index (κ2) is 12.1. The van der Waals surface area contributed by atoms with Crippen molar-refractivity contribution in [3.05, 3.63) is 78.4 Å². The fraction of sp³-hybridized carbons (Fsp3) is 0.259. The molecule has 1 aromatic heterocycles. The second-order valence-electron chi connectivity index (χ2n) is 8.08. The first kappa shape index (κ1) is 24.3. The Morgan fingerprint density at radius 1 is 1.06 bits per heavy atom. The number of carbonyl (C=O) groups excluding carboxylic acids is 1. The zero-order valence-electron chi connectivity index (χ0n) is 19.8. The first-order valence-corrected chi connectivity index (χ1v) is 12.6. The quantitative estimate of drug-likeness (QED) is 0.147. The number of thiazole rings is 1. The molecular formula is C27H30N5O2S+. The molecule has 35 heavy (non-hydrogen) atoms. The van der Waals surface area contributed by atoms with E-state index in [1.807, 2.05) is 60.0 Å². The first-order valence-electron chi connectivity index (χ1n) is 11.8. The Morgan fingerprint density at radius 2 is 1.86 bits per heavy atom. The maximum Gasteiger partial charge on any atom is 0.409 e. The molecule has 0 saturated carbocycles. The van der Waals surface area contributed by atoms with Crippen LogP contribution in [0.1, 0.15) is 25.3 Å². The van der Waals surface area contributed by atoms with Crippen LogP contribution in [0.2, 0.25) is 0 Å². The summed E-state index contributed by atoms with van der Waals surface area (Å²) in [5, 5.41) is 13.1. The Labute approximate surface area is 209 Å². The lowest BCUT2D eigenvalue weighted by Crippen LogP contribution is -2.34. The third-order valence-electron chi connectivity index (χ3n) is 5.48. The number of rotatable bonds is 12. The number of fused-ring (bicyclic) bond motifs is 1. The van der Waals surface area contributed by atoms with Gasteiger partial charge in [-0.15, -0.1) is 0 Å². The molecule has 4 aromatic rings. The summed E-state index contributed by atoms with van der Waals surface area (Å²) < 4.78 is 8.62. The van der Waals surface area contributed by atoms with Crippen molar-refractivity contribution in [3.8, 4) is 5.75 Å². The third-order valence-corrected chi connectivity index (χ3v) is 6.51. The zero-order valence-corrected chi connectivity index (χ0v) is 20.6. The monoisotopic (exact) mass is 488 g/mol. The van der Waals surface area contributed by atoms with Crippen LogP contribution in [0.3, 0.4) is 0 Å². The number of hydrogen-bond acceptors (Lipinski definition) is 6. The van der Waals surface area contributed by atoms with E-state index >= 15 is 0 Å². The van der Waals surface area contributed by atoms with Gasteiger partial charge in [0.2, 0.25) is 5.91 Å². The summed E-state index contributed by atoms with van der Waals surface area (Å²) in [5.41, 5.74) is 9.53. The lowest BCUT2D eigenvalue weighted by Gasteiger charge is -2.06. The summed E-state index contributed by atoms with van der Waals surface area (Å²) in [4.78, 5) is 11.4. The van der Waals surface area contributed by atoms with E-state index < -0.39 is 0 Å². The molecule has 3 N–H and O–H groups in total. The van der Waals surface area contributed by atoms with Crippen molar-refractivity contribution in [2.75, 3.05) is 18.5 Å². The van der Waals surface area contributed by atoms with Gasteiger partial charge in [0.25, 0.3) is 0 Å². The Kier molecular flexibility index (Phi) is 8.40. The van der Waals surface area contributed by atoms with Gasteiger partial charge in [-0.05, 0) is 78.2 Å². The maximum absolute atomic E-state index is 11.4. The number of benzene rings is 3. The van der Waals surface area contributed by atoms with Crippen LogP contribution in [0.25, 0.3) is 10.2 Å². The van der Waals surface area contributed by atoms with E-state index in [9.17, 15) is 4.79 Å². The van der Waals surface area contributed by atoms with Crippen molar-refractivity contribution in [2.45, 2.75) is 32.7 Å². The number of aromatic nitrogens is 1. The molecule has 1 amide bonds. The van der Waals surface area contributed by atoms with E-state index in [1.165, 1.54) is 16.9 Å². The molecule has 0 radical (unpaired) electrons. The number of carbonyl (C=O) groups is 1. The first-order chi connectivity index (χ1) is 17.1. The topological polar surface area (TPSA) is 93.0 Å². The number of anilines is 1. The summed E-state index contributed by atoms with van der Waals surface area (Å²) in [7, 11) is 0. The van der Waals surface area contributed by atoms with Crippen LogP contribution in [-0.4, -0.2) is 19.1 Å². The maximum atomic E-state index is 11.4. The molecule has 0 unspecified atom stereocenters. The van der Waals surface area contributed by atoms with Crippen molar-refractivity contribution >= 4 is 44.0 Å². The van der Waals surface area contributed by atoms with Gasteiger partial charge in [-0.2, -0.15) is 0 Å². The van der Waals surface area contributed by atoms with Crippen LogP contribution < -0.4 is 20.4 Å². The average molecular weight is 489 g/mol. The number of aryl methyl sites for hydroxylation is 2. The van der Waals surface area contributed by atoms with Crippen molar-refractivity contribution < 1.29 is 14.1 Å². The molecule has 0 aliphatic heterocycles. The van der Waals surface area contributed by atoms with Crippen LogP contribution in [0, 0.1) is 0 Å². The molecule has 7 nitrogen and oxygen atoms in total. The smallest absolute Gasteiger partial charge is 0.409 e. The molecule has 0 fully saturated rings. The SMILES string of the molecule is CCOc1ccc2c(c1)sc(N=Nc1ccc(NCCCc3ccccc3)cc1)[n+]2CCC(N)=O. The molecule has 0 atom stereocenters. The predicted molar refractivity (Wildman–Crippen MR) is 141 cm³/mol. The molecule has 0 saturated heterocycles. The lowest BCUT2D eigenvalue weighted by molar-refractivity contribution is -0.653. The Hall–Kier alpha value is -3.78. The normalized spacial score (nSPS) is 11.2. The van der Waals surface area contributed by atoms with Gasteiger partial charge in [0.1, 0.15) is 23.5 Å². The number of primary amides is 1. The Balaban J connectivity index is 1.42. The fourth-order valence-corrected chi connectivity index (χ4v) is 4.78. The average Bonchev–Trinajstić information content (AvgIpc) is 3.22. The van der Waals surface area contributed by atoms with Crippen molar-refractivity contribution in [1.29, 1.82) is 0 Å². The van der Waals surface area contributed by atoms with Gasteiger partial charge in [-0.1, -0.05) is 30.3 Å². The predicted octanol–water partition coefficient (Wildman–Crippen LogP) is 5.92. The molecule has 0 aliphatic rings. The summed E-state index contributed by atoms with van der Waals surface area (Å²) in [6, 6.07) is 24.3. The zero-order chi connectivity index (χ0) is 24.5. The minimum absolute atomic E-state index is 0.233. The van der Waals surface area contributed by atoms with Gasteiger partial charge in [0.15, 0.2) is 0 Å². The van der Waals surface area contributed by atoms with Crippen LogP contribution in [-0.2, 0) is 17.8 Å². The largest absolute Gasteiger partial charge is 0.494 e. The van der Waals surface area contributed by atoms with Crippen molar-refractivity contribution in [1.82, 2.24) is 0 Å². The molecular weight excluding hydrogens is 458 g/mol. The Bertz CT molecular complexity index is 1290. The molecule has 0 bridgehead atoms. The number of azo groups is 1. The summed E-state index contributed by atoms with van der Waals surface area (Å²) in [6.07, 6.45) is 2.35. The van der Waals surface area contributed by atoms with Crippen LogP contribution in [0.5, 0.6) is 5.75 Å². The van der Waals surface area contributed by atoms with E-state index in [0.717, 1.165) is 46.7 Å². The number of ether oxygens (including phenoxy) is 1. The number of hydrogen-bond donors (Lipinski definition) is 2. The highest BCUT2D eigenvalue weighted by atomic mass is 32.1. The van der Waals surface area contributed by atoms with Gasteiger partial charge < -0.3 is 15.8 Å². The summed E-state index contributed by atoms with van der Waals surface area (Å²) in [6.45, 7) is 3.91. The van der Waals surface area contributed by atoms with Gasteiger partial charge in [-0.3, -0.25) is 4.79 Å². The molecule has 0 aliphatic carbocycles. The van der Waals surface area contributed by atoms with Crippen LogP contribution in [0.15, 0.2) is 83.0 Å². The molecule has 4 rings (SSSR count). The number of nitrogens with zero attached hydrogens (tertiary/aromatic N) is 3. The van der Waals surface area contributed by atoms with Gasteiger partial charge >= 0.3 is 5.13 Å². The van der Waals surface area contributed by atoms with Gasteiger partial charge in [-0.25, -0.2) is 4.57 Å². The van der Waals surface area contributed by atoms with E-state index in [0.29, 0.717) is 18.3 Å². The summed E-state index contributed by atoms with van der Waals surface area (Å²) in [5.74, 6) is 0.455. The highest BCUT2D eigenvalue weighted by Crippen LogP contribution is 2.31. The van der Waals surface area contributed by atoms with Crippen molar-refractivity contribution in [2.24, 2.45) is 16.0 Å². The Morgan fingerprint density at radius 3 is 2.60 bits per heavy atom. The highest BCUT2D eigenvalue weighted by Gasteiger charge is 2.20. The van der Waals surface area contributed by atoms with Gasteiger partial charge in [0.05, 0.1) is 22.8 Å². The van der Waals surface area contributed by atoms with Crippen LogP contribution in [0.4, 0.5) is 16.5 Å². The lowest BCUT2D eigenvalue weighted by atomic mass is 10.1. The van der Waals surface area contributed by atoms with E-state index in [2.05, 4.69) is 39.8 Å². The highest BCUT2D eigenvalue weighted by molar-refractivity contribution is 7.21. The van der Waals surface area contributed by atoms with E-state index in [4.69, 9.17) is 10.5 Å². The van der Waals surface area contributed by atoms with Crippen molar-refractivity contribution in [3.63, 3.8) is 0 Å². The molecule has 3 aromatic carbocycles. The molecule has 8 heteroatoms. The van der Waals surface area contributed by atoms with Gasteiger partial charge in [0, 0.05) is 18.3 Å². The molecule has 180 valence electrons. The second-order valence-corrected chi connectivity index (χ2v) is 9.09. The minimum Gasteiger partial charge on any atom is -0.494 e. The minimum atomic E-state index is -0.350. The van der Waals surface area contributed by atoms with E-state index in [1.54, 1.807) is 0 Å². The third kappa shape index (κ3) is 6.86. The standard InChI is InChI=1S/C27H29N5O2S/c1-2-34-23-14-15-24-25(19-23)35-27(32(24)18-16-26(28)33)31-30-22-12-10-21(11-13-22)29-17-6-9-20-7-4-3-5-8-20/h3-5,7-8,10-15,19H,2,6,9,16-18H2,1H3,(H2,28,33)/p+1.